The van der Waals surface area contributed by atoms with E-state index in [9.17, 15) is 9.59 Å². The summed E-state index contributed by atoms with van der Waals surface area (Å²) in [5.74, 6) is -0.377. The number of nitrogens with one attached hydrogen (secondary N) is 1. The second-order valence-electron chi connectivity index (χ2n) is 3.69. The molecule has 0 saturated heterocycles. The lowest BCUT2D eigenvalue weighted by molar-refractivity contribution is -0.137. The van der Waals surface area contributed by atoms with Crippen molar-refractivity contribution >= 4 is 11.8 Å². The maximum atomic E-state index is 11.9. The molecule has 0 aliphatic carbocycles. The van der Waals surface area contributed by atoms with Crippen LogP contribution in [0.1, 0.15) is 20.3 Å². The van der Waals surface area contributed by atoms with Gasteiger partial charge in [-0.25, -0.2) is 0 Å². The quantitative estimate of drug-likeness (QED) is 0.594. The molecule has 0 aromatic carbocycles. The molecule has 0 aromatic rings. The molecule has 0 fully saturated rings. The molecule has 2 amide bonds. The first-order valence-electron chi connectivity index (χ1n) is 5.86. The third-order valence-electron chi connectivity index (χ3n) is 2.35. The van der Waals surface area contributed by atoms with Crippen molar-refractivity contribution in [1.82, 2.24) is 10.2 Å². The van der Waals surface area contributed by atoms with Gasteiger partial charge in [0, 0.05) is 26.8 Å². The average Bonchev–Trinajstić information content (AvgIpc) is 2.32. The van der Waals surface area contributed by atoms with Gasteiger partial charge in [-0.05, 0) is 20.3 Å². The van der Waals surface area contributed by atoms with Crippen molar-refractivity contribution in [2.75, 3.05) is 33.4 Å². The van der Waals surface area contributed by atoms with Crippen LogP contribution in [0.5, 0.6) is 0 Å². The van der Waals surface area contributed by atoms with Gasteiger partial charge in [-0.15, -0.1) is 0 Å². The van der Waals surface area contributed by atoms with Crippen LogP contribution in [0.15, 0.2) is 0 Å². The maximum absolute atomic E-state index is 11.9. The Morgan fingerprint density at radius 3 is 2.53 bits per heavy atom. The van der Waals surface area contributed by atoms with Crippen LogP contribution in [0.2, 0.25) is 0 Å². The fraction of sp³-hybridized carbons (Fsp3) is 0.818. The van der Waals surface area contributed by atoms with Gasteiger partial charge in [0.1, 0.15) is 0 Å². The number of nitrogens with zero attached hydrogens (tertiary/aromatic N) is 1. The minimum Gasteiger partial charge on any atom is -0.385 e. The number of nitrogens with two attached hydrogens (primary N) is 1. The Bertz CT molecular complexity index is 246. The number of likely N-dealkylation sites (N-methyl/N-ethyl adjacent to an activating group) is 2. The van der Waals surface area contributed by atoms with E-state index < -0.39 is 6.04 Å². The molecule has 6 nitrogen and oxygen atoms in total. The van der Waals surface area contributed by atoms with E-state index >= 15 is 0 Å². The summed E-state index contributed by atoms with van der Waals surface area (Å²) >= 11 is 0. The Morgan fingerprint density at radius 1 is 1.41 bits per heavy atom. The van der Waals surface area contributed by atoms with Crippen LogP contribution in [0, 0.1) is 0 Å². The summed E-state index contributed by atoms with van der Waals surface area (Å²) in [7, 11) is 1.56. The SMILES string of the molecule is CCNC(=O)CN(CC)C(=O)C(N)CCOC. The van der Waals surface area contributed by atoms with Crippen LogP contribution in [0.4, 0.5) is 0 Å². The second kappa shape index (κ2) is 8.95. The zero-order chi connectivity index (χ0) is 13.3. The number of ether oxygens (including phenoxy) is 1. The van der Waals surface area contributed by atoms with Gasteiger partial charge in [0.2, 0.25) is 11.8 Å². The second-order valence-corrected chi connectivity index (χ2v) is 3.69. The first-order chi connectivity index (χ1) is 8.06. The molecule has 6 heteroatoms. The van der Waals surface area contributed by atoms with Gasteiger partial charge < -0.3 is 20.7 Å². The molecule has 1 atom stereocenters. The highest BCUT2D eigenvalue weighted by Gasteiger charge is 2.21. The first-order valence-corrected chi connectivity index (χ1v) is 5.86. The topological polar surface area (TPSA) is 84.7 Å². The molecule has 0 spiro atoms. The van der Waals surface area contributed by atoms with Crippen molar-refractivity contribution in [3.05, 3.63) is 0 Å². The Hall–Kier alpha value is -1.14. The largest absolute Gasteiger partial charge is 0.385 e. The van der Waals surface area contributed by atoms with Crippen LogP contribution in [-0.4, -0.2) is 56.1 Å². The van der Waals surface area contributed by atoms with Gasteiger partial charge in [0.15, 0.2) is 0 Å². The number of hydrogen-bond acceptors (Lipinski definition) is 4. The van der Waals surface area contributed by atoms with E-state index in [-0.39, 0.29) is 18.4 Å². The fourth-order valence-electron chi connectivity index (χ4n) is 1.37. The molecule has 3 N–H and O–H groups in total. The predicted molar refractivity (Wildman–Crippen MR) is 65.4 cm³/mol. The van der Waals surface area contributed by atoms with E-state index in [1.165, 1.54) is 4.90 Å². The van der Waals surface area contributed by atoms with E-state index in [1.807, 2.05) is 13.8 Å². The molecular formula is C11H23N3O3. The lowest BCUT2D eigenvalue weighted by atomic mass is 10.2. The van der Waals surface area contributed by atoms with Crippen molar-refractivity contribution in [3.8, 4) is 0 Å². The van der Waals surface area contributed by atoms with Gasteiger partial charge in [-0.3, -0.25) is 9.59 Å². The maximum Gasteiger partial charge on any atom is 0.240 e. The van der Waals surface area contributed by atoms with Gasteiger partial charge in [0.05, 0.1) is 12.6 Å². The molecule has 0 aromatic heterocycles. The third-order valence-corrected chi connectivity index (χ3v) is 2.35. The van der Waals surface area contributed by atoms with Gasteiger partial charge in [-0.2, -0.15) is 0 Å². The number of carbonyl (C=O) groups is 2. The molecule has 0 saturated carbocycles. The molecule has 0 rings (SSSR count). The lowest BCUT2D eigenvalue weighted by Gasteiger charge is -2.23. The number of methoxy groups -OCH3 is 1. The van der Waals surface area contributed by atoms with Crippen molar-refractivity contribution in [3.63, 3.8) is 0 Å². The molecule has 17 heavy (non-hydrogen) atoms. The van der Waals surface area contributed by atoms with E-state index in [2.05, 4.69) is 5.32 Å². The lowest BCUT2D eigenvalue weighted by Crippen LogP contribution is -2.48. The smallest absolute Gasteiger partial charge is 0.240 e. The molecule has 1 unspecified atom stereocenters. The highest BCUT2D eigenvalue weighted by molar-refractivity contribution is 5.87. The molecule has 0 heterocycles. The van der Waals surface area contributed by atoms with E-state index in [1.54, 1.807) is 7.11 Å². The van der Waals surface area contributed by atoms with Crippen LogP contribution in [0.3, 0.4) is 0 Å². The van der Waals surface area contributed by atoms with Crippen LogP contribution in [-0.2, 0) is 14.3 Å². The molecule has 0 aliphatic rings. The summed E-state index contributed by atoms with van der Waals surface area (Å²) < 4.78 is 4.87. The Kier molecular flexibility index (Phi) is 8.35. The predicted octanol–water partition coefficient (Wildman–Crippen LogP) is -0.665. The molecule has 0 aliphatic heterocycles. The third kappa shape index (κ3) is 6.23. The standard InChI is InChI=1S/C11H23N3O3/c1-4-13-10(15)8-14(5-2)11(16)9(12)6-7-17-3/h9H,4-8,12H2,1-3H3,(H,13,15). The monoisotopic (exact) mass is 245 g/mol. The number of hydrogen-bond donors (Lipinski definition) is 2. The summed E-state index contributed by atoms with van der Waals surface area (Å²) in [6.45, 7) is 5.17. The minimum absolute atomic E-state index is 0.0594. The van der Waals surface area contributed by atoms with Crippen molar-refractivity contribution in [2.45, 2.75) is 26.3 Å². The summed E-state index contributed by atoms with van der Waals surface area (Å²) in [5.41, 5.74) is 5.73. The van der Waals surface area contributed by atoms with Gasteiger partial charge >= 0.3 is 0 Å². The minimum atomic E-state index is -0.607. The van der Waals surface area contributed by atoms with E-state index in [4.69, 9.17) is 10.5 Å². The summed E-state index contributed by atoms with van der Waals surface area (Å²) in [5, 5.41) is 2.65. The highest BCUT2D eigenvalue weighted by atomic mass is 16.5. The Morgan fingerprint density at radius 2 is 2.06 bits per heavy atom. The van der Waals surface area contributed by atoms with Crippen molar-refractivity contribution in [2.24, 2.45) is 5.73 Å². The summed E-state index contributed by atoms with van der Waals surface area (Å²) in [6, 6.07) is -0.607. The molecular weight excluding hydrogens is 222 g/mol. The van der Waals surface area contributed by atoms with Crippen LogP contribution in [0.25, 0.3) is 0 Å². The fourth-order valence-corrected chi connectivity index (χ4v) is 1.37. The van der Waals surface area contributed by atoms with Gasteiger partial charge in [-0.1, -0.05) is 0 Å². The van der Waals surface area contributed by atoms with Crippen LogP contribution >= 0.6 is 0 Å². The molecule has 0 bridgehead atoms. The zero-order valence-electron chi connectivity index (χ0n) is 10.9. The zero-order valence-corrected chi connectivity index (χ0v) is 10.9. The summed E-state index contributed by atoms with van der Waals surface area (Å²) in [4.78, 5) is 24.7. The van der Waals surface area contributed by atoms with Crippen molar-refractivity contribution in [1.29, 1.82) is 0 Å². The molecule has 0 radical (unpaired) electrons. The summed E-state index contributed by atoms with van der Waals surface area (Å²) in [6.07, 6.45) is 0.460. The first kappa shape index (κ1) is 15.9. The normalized spacial score (nSPS) is 12.0. The average molecular weight is 245 g/mol. The number of rotatable bonds is 8. The highest BCUT2D eigenvalue weighted by Crippen LogP contribution is 1.98. The van der Waals surface area contributed by atoms with Crippen LogP contribution < -0.4 is 11.1 Å². The Labute approximate surface area is 102 Å². The number of amides is 2. The Balaban J connectivity index is 4.24. The molecule has 100 valence electrons. The number of carbonyl (C=O) groups excluding carboxylic acids is 2. The van der Waals surface area contributed by atoms with Gasteiger partial charge in [0.25, 0.3) is 0 Å². The van der Waals surface area contributed by atoms with E-state index in [0.29, 0.717) is 26.1 Å². The van der Waals surface area contributed by atoms with E-state index in [0.717, 1.165) is 0 Å². The van der Waals surface area contributed by atoms with Crippen molar-refractivity contribution < 1.29 is 14.3 Å².